The number of halogens is 1. The first kappa shape index (κ1) is 24.4. The molecule has 0 radical (unpaired) electrons. The zero-order valence-corrected chi connectivity index (χ0v) is 19.9. The average molecular weight is 487 g/mol. The normalized spacial score (nSPS) is 17.7. The van der Waals surface area contributed by atoms with Gasteiger partial charge in [-0.15, -0.1) is 5.10 Å². The van der Waals surface area contributed by atoms with E-state index >= 15 is 0 Å². The van der Waals surface area contributed by atoms with E-state index in [1.165, 1.54) is 0 Å². The summed E-state index contributed by atoms with van der Waals surface area (Å²) in [6, 6.07) is -0.680. The molecule has 4 heterocycles. The molecular formula is C22H31FN10O2. The van der Waals surface area contributed by atoms with Gasteiger partial charge in [0.05, 0.1) is 32.2 Å². The molecule has 1 aliphatic heterocycles. The molecule has 0 spiro atoms. The van der Waals surface area contributed by atoms with E-state index in [0.717, 1.165) is 31.9 Å². The Morgan fingerprint density at radius 3 is 2.91 bits per heavy atom. The summed E-state index contributed by atoms with van der Waals surface area (Å²) in [5, 5.41) is 10.4. The summed E-state index contributed by atoms with van der Waals surface area (Å²) >= 11 is 0. The molecule has 0 saturated carbocycles. The number of aryl methyl sites for hydroxylation is 2. The van der Waals surface area contributed by atoms with Crippen LogP contribution in [0.15, 0.2) is 25.2 Å². The molecule has 4 N–H and O–H groups in total. The number of amides is 1. The van der Waals surface area contributed by atoms with Crippen LogP contribution >= 0.6 is 0 Å². The maximum Gasteiger partial charge on any atom is 0.256 e. The number of methoxy groups -OCH3 is 1. The maximum absolute atomic E-state index is 14.6. The number of carbonyl (C=O) groups is 1. The van der Waals surface area contributed by atoms with Crippen LogP contribution in [-0.4, -0.2) is 74.2 Å². The van der Waals surface area contributed by atoms with Gasteiger partial charge >= 0.3 is 0 Å². The van der Waals surface area contributed by atoms with Gasteiger partial charge in [0.1, 0.15) is 11.9 Å². The third-order valence-electron chi connectivity index (χ3n) is 5.86. The van der Waals surface area contributed by atoms with Gasteiger partial charge in [0, 0.05) is 20.1 Å². The standard InChI is InChI=1S/C22H31FN10O2/c1-4-17(34)26-15-11-32(10-14(15)23)22-28-19(18-20(29-22)31(2)13-25-18)27-16-12-33(30-21(16)35-3)9-7-5-6-8-24/h4,12-15H,1,5-11,24H2,2-3H3,(H,26,34)(H,27,28,29)/t14-,15-/m1/s1. The molecule has 188 valence electrons. The quantitative estimate of drug-likeness (QED) is 0.270. The van der Waals surface area contributed by atoms with Crippen molar-refractivity contribution in [1.29, 1.82) is 0 Å². The first-order valence-electron chi connectivity index (χ1n) is 11.5. The van der Waals surface area contributed by atoms with Crippen LogP contribution in [0.3, 0.4) is 0 Å². The summed E-state index contributed by atoms with van der Waals surface area (Å²) in [4.78, 5) is 27.1. The van der Waals surface area contributed by atoms with Gasteiger partial charge in [-0.2, -0.15) is 9.97 Å². The summed E-state index contributed by atoms with van der Waals surface area (Å²) in [6.07, 6.45) is 6.30. The van der Waals surface area contributed by atoms with Crippen molar-refractivity contribution < 1.29 is 13.9 Å². The van der Waals surface area contributed by atoms with E-state index in [4.69, 9.17) is 10.5 Å². The molecule has 0 unspecified atom stereocenters. The average Bonchev–Trinajstić information content (AvgIpc) is 3.54. The second-order valence-corrected chi connectivity index (χ2v) is 8.43. The number of hydrogen-bond acceptors (Lipinski definition) is 9. The Labute approximate surface area is 202 Å². The number of imidazole rings is 1. The lowest BCUT2D eigenvalue weighted by Crippen LogP contribution is -2.40. The van der Waals surface area contributed by atoms with E-state index in [-0.39, 0.29) is 13.1 Å². The predicted octanol–water partition coefficient (Wildman–Crippen LogP) is 1.27. The highest BCUT2D eigenvalue weighted by Crippen LogP contribution is 2.31. The number of unbranched alkanes of at least 4 members (excludes halogenated alkanes) is 2. The number of carbonyl (C=O) groups excluding carboxylic acids is 1. The van der Waals surface area contributed by atoms with E-state index in [2.05, 4.69) is 37.3 Å². The Bertz CT molecular complexity index is 1190. The summed E-state index contributed by atoms with van der Waals surface area (Å²) in [5.41, 5.74) is 7.34. The highest BCUT2D eigenvalue weighted by Gasteiger charge is 2.35. The number of rotatable bonds is 11. The van der Waals surface area contributed by atoms with Crippen LogP contribution in [0.5, 0.6) is 5.88 Å². The lowest BCUT2D eigenvalue weighted by atomic mass is 10.2. The number of nitrogens with zero attached hydrogens (tertiary/aromatic N) is 7. The molecule has 4 rings (SSSR count). The van der Waals surface area contributed by atoms with Gasteiger partial charge < -0.3 is 30.6 Å². The topological polar surface area (TPSA) is 141 Å². The van der Waals surface area contributed by atoms with Crippen LogP contribution in [0.1, 0.15) is 19.3 Å². The lowest BCUT2D eigenvalue weighted by Gasteiger charge is -2.17. The first-order chi connectivity index (χ1) is 16.9. The Hall–Kier alpha value is -3.74. The minimum atomic E-state index is -1.27. The Morgan fingerprint density at radius 1 is 1.34 bits per heavy atom. The molecule has 1 amide bonds. The second kappa shape index (κ2) is 10.7. The molecule has 0 bridgehead atoms. The van der Waals surface area contributed by atoms with E-state index in [1.807, 2.05) is 17.9 Å². The molecule has 0 aliphatic carbocycles. The number of nitrogens with two attached hydrogens (primary N) is 1. The summed E-state index contributed by atoms with van der Waals surface area (Å²) in [5.74, 6) is 0.776. The molecule has 35 heavy (non-hydrogen) atoms. The molecule has 12 nitrogen and oxygen atoms in total. The van der Waals surface area contributed by atoms with Gasteiger partial charge in [-0.1, -0.05) is 13.0 Å². The van der Waals surface area contributed by atoms with Crippen molar-refractivity contribution in [3.05, 3.63) is 25.2 Å². The van der Waals surface area contributed by atoms with Crippen molar-refractivity contribution >= 4 is 34.5 Å². The number of ether oxygens (including phenoxy) is 1. The lowest BCUT2D eigenvalue weighted by molar-refractivity contribution is -0.117. The van der Waals surface area contributed by atoms with Crippen LogP contribution in [0.2, 0.25) is 0 Å². The zero-order valence-electron chi connectivity index (χ0n) is 19.9. The summed E-state index contributed by atoms with van der Waals surface area (Å²) < 4.78 is 23.7. The van der Waals surface area contributed by atoms with Gasteiger partial charge in [0.15, 0.2) is 17.0 Å². The Morgan fingerprint density at radius 2 is 2.17 bits per heavy atom. The largest absolute Gasteiger partial charge is 0.478 e. The molecule has 1 aliphatic rings. The van der Waals surface area contributed by atoms with Gasteiger partial charge in [-0.3, -0.25) is 9.48 Å². The number of nitrogens with one attached hydrogen (secondary N) is 2. The monoisotopic (exact) mass is 486 g/mol. The van der Waals surface area contributed by atoms with Gasteiger partial charge in [-0.05, 0) is 25.5 Å². The van der Waals surface area contributed by atoms with Gasteiger partial charge in [0.2, 0.25) is 11.9 Å². The molecule has 1 fully saturated rings. The van der Waals surface area contributed by atoms with Crippen molar-refractivity contribution in [2.24, 2.45) is 12.8 Å². The van der Waals surface area contributed by atoms with Crippen LogP contribution in [0.4, 0.5) is 21.8 Å². The Kier molecular flexibility index (Phi) is 7.44. The first-order valence-corrected chi connectivity index (χ1v) is 11.5. The third kappa shape index (κ3) is 5.34. The highest BCUT2D eigenvalue weighted by atomic mass is 19.1. The van der Waals surface area contributed by atoms with Crippen LogP contribution in [-0.2, 0) is 18.4 Å². The van der Waals surface area contributed by atoms with Crippen molar-refractivity contribution in [2.75, 3.05) is 37.0 Å². The summed E-state index contributed by atoms with van der Waals surface area (Å²) in [6.45, 7) is 5.11. The number of alkyl halides is 1. The number of aromatic nitrogens is 6. The van der Waals surface area contributed by atoms with Crippen LogP contribution in [0, 0.1) is 0 Å². The maximum atomic E-state index is 14.6. The number of hydrogen-bond donors (Lipinski definition) is 3. The summed E-state index contributed by atoms with van der Waals surface area (Å²) in [7, 11) is 3.38. The van der Waals surface area contributed by atoms with Crippen LogP contribution < -0.4 is 26.0 Å². The Balaban J connectivity index is 1.60. The van der Waals surface area contributed by atoms with E-state index in [1.54, 1.807) is 22.9 Å². The van der Waals surface area contributed by atoms with Crippen LogP contribution in [0.25, 0.3) is 11.2 Å². The zero-order chi connectivity index (χ0) is 24.9. The fourth-order valence-corrected chi connectivity index (χ4v) is 4.01. The molecule has 13 heteroatoms. The van der Waals surface area contributed by atoms with E-state index in [9.17, 15) is 9.18 Å². The van der Waals surface area contributed by atoms with Crippen molar-refractivity contribution in [2.45, 2.75) is 38.0 Å². The van der Waals surface area contributed by atoms with E-state index in [0.29, 0.717) is 41.0 Å². The van der Waals surface area contributed by atoms with Crippen molar-refractivity contribution in [3.63, 3.8) is 0 Å². The van der Waals surface area contributed by atoms with Crippen molar-refractivity contribution in [1.82, 2.24) is 34.6 Å². The minimum absolute atomic E-state index is 0.0505. The molecule has 0 aromatic carbocycles. The number of fused-ring (bicyclic) bond motifs is 1. The molecule has 3 aromatic heterocycles. The third-order valence-corrected chi connectivity index (χ3v) is 5.86. The fraction of sp³-hybridized carbons (Fsp3) is 0.500. The van der Waals surface area contributed by atoms with E-state index < -0.39 is 18.1 Å². The minimum Gasteiger partial charge on any atom is -0.478 e. The highest BCUT2D eigenvalue weighted by molar-refractivity contribution is 5.88. The molecule has 2 atom stereocenters. The predicted molar refractivity (Wildman–Crippen MR) is 131 cm³/mol. The molecular weight excluding hydrogens is 455 g/mol. The molecule has 1 saturated heterocycles. The SMILES string of the molecule is C=CC(=O)N[C@@H]1CN(c2nc(Nc3cn(CCCCCN)nc3OC)c3ncn(C)c3n2)C[C@H]1F. The van der Waals surface area contributed by atoms with Crippen molar-refractivity contribution in [3.8, 4) is 5.88 Å². The van der Waals surface area contributed by atoms with Gasteiger partial charge in [-0.25, -0.2) is 9.37 Å². The van der Waals surface area contributed by atoms with Gasteiger partial charge in [0.25, 0.3) is 5.88 Å². The molecule has 3 aromatic rings. The smallest absolute Gasteiger partial charge is 0.256 e. The fourth-order valence-electron chi connectivity index (χ4n) is 4.01. The number of anilines is 3. The second-order valence-electron chi connectivity index (χ2n) is 8.43.